The Kier molecular flexibility index (Phi) is 1.98. The molecular weight excluding hydrogens is 138 g/mol. The molecule has 1 aromatic carbocycles. The Labute approximate surface area is 67.2 Å². The maximum absolute atomic E-state index is 11.4. The Morgan fingerprint density at radius 3 is 1.91 bits per heavy atom. The third kappa shape index (κ3) is 2.03. The molecule has 0 bridgehead atoms. The van der Waals surface area contributed by atoms with Crippen molar-refractivity contribution in [1.82, 2.24) is 4.65 Å². The van der Waals surface area contributed by atoms with E-state index in [2.05, 4.69) is 0 Å². The van der Waals surface area contributed by atoms with Crippen molar-refractivity contribution >= 4 is 5.69 Å². The first kappa shape index (κ1) is 8.24. The summed E-state index contributed by atoms with van der Waals surface area (Å²) in [5.74, 6) is 0. The second kappa shape index (κ2) is 2.64. The summed E-state index contributed by atoms with van der Waals surface area (Å²) >= 11 is 0. The minimum Gasteiger partial charge on any atom is -0.628 e. The van der Waals surface area contributed by atoms with Crippen molar-refractivity contribution in [2.24, 2.45) is 0 Å². The second-order valence-corrected chi connectivity index (χ2v) is 3.19. The molecule has 11 heavy (non-hydrogen) atoms. The van der Waals surface area contributed by atoms with Gasteiger partial charge in [0.15, 0.2) is 0 Å². The highest BCUT2D eigenvalue weighted by atomic mass is 16.5. The van der Waals surface area contributed by atoms with E-state index in [1.165, 1.54) is 5.56 Å². The van der Waals surface area contributed by atoms with Gasteiger partial charge in [0.1, 0.15) is 5.69 Å². The summed E-state index contributed by atoms with van der Waals surface area (Å²) in [5, 5.41) is 11.4. The molecule has 0 spiro atoms. The van der Waals surface area contributed by atoms with Crippen molar-refractivity contribution in [3.8, 4) is 0 Å². The predicted octanol–water partition coefficient (Wildman–Crippen LogP) is 2.06. The van der Waals surface area contributed by atoms with Crippen LogP contribution in [0.25, 0.3) is 0 Å². The number of aryl methyl sites for hydroxylation is 1. The largest absolute Gasteiger partial charge is 0.628 e. The lowest BCUT2D eigenvalue weighted by atomic mass is 10.2. The number of hydroxylamine groups is 2. The van der Waals surface area contributed by atoms with E-state index in [1.54, 1.807) is 14.1 Å². The number of benzene rings is 1. The van der Waals surface area contributed by atoms with Gasteiger partial charge in [0.25, 0.3) is 0 Å². The van der Waals surface area contributed by atoms with Crippen molar-refractivity contribution < 1.29 is 0 Å². The van der Waals surface area contributed by atoms with Gasteiger partial charge < -0.3 is 9.85 Å². The highest BCUT2D eigenvalue weighted by molar-refractivity contribution is 5.43. The zero-order valence-corrected chi connectivity index (χ0v) is 7.16. The molecule has 0 heterocycles. The summed E-state index contributed by atoms with van der Waals surface area (Å²) in [6.45, 7) is 2.01. The van der Waals surface area contributed by atoms with E-state index in [0.29, 0.717) is 0 Å². The second-order valence-electron chi connectivity index (χ2n) is 3.19. The van der Waals surface area contributed by atoms with E-state index in [4.69, 9.17) is 0 Å². The lowest BCUT2D eigenvalue weighted by molar-refractivity contribution is 0.543. The van der Waals surface area contributed by atoms with Crippen LogP contribution < -0.4 is 4.65 Å². The topological polar surface area (TPSA) is 23.1 Å². The van der Waals surface area contributed by atoms with Crippen LogP contribution in [0, 0.1) is 12.1 Å². The van der Waals surface area contributed by atoms with Crippen molar-refractivity contribution in [3.05, 3.63) is 35.0 Å². The molecule has 1 aromatic rings. The molecular formula is C9H13NO. The number of hydrogen-bond donors (Lipinski definition) is 0. The van der Waals surface area contributed by atoms with Crippen molar-refractivity contribution in [2.45, 2.75) is 6.92 Å². The zero-order valence-electron chi connectivity index (χ0n) is 7.16. The van der Waals surface area contributed by atoms with Gasteiger partial charge in [0, 0.05) is 0 Å². The maximum Gasteiger partial charge on any atom is 0.132 e. The summed E-state index contributed by atoms with van der Waals surface area (Å²) in [6, 6.07) is 7.63. The van der Waals surface area contributed by atoms with E-state index in [9.17, 15) is 5.21 Å². The normalized spacial score (nSPS) is 11.6. The molecule has 0 N–H and O–H groups in total. The van der Waals surface area contributed by atoms with Gasteiger partial charge in [-0.25, -0.2) is 0 Å². The van der Waals surface area contributed by atoms with E-state index in [0.717, 1.165) is 5.69 Å². The van der Waals surface area contributed by atoms with E-state index in [-0.39, 0.29) is 4.65 Å². The smallest absolute Gasteiger partial charge is 0.132 e. The van der Waals surface area contributed by atoms with Crippen molar-refractivity contribution in [2.75, 3.05) is 14.1 Å². The molecule has 0 radical (unpaired) electrons. The van der Waals surface area contributed by atoms with Crippen LogP contribution in [0.1, 0.15) is 5.56 Å². The van der Waals surface area contributed by atoms with Crippen LogP contribution in [0.15, 0.2) is 24.3 Å². The van der Waals surface area contributed by atoms with Crippen LogP contribution in [0.4, 0.5) is 5.69 Å². The van der Waals surface area contributed by atoms with Gasteiger partial charge in [-0.3, -0.25) is 0 Å². The van der Waals surface area contributed by atoms with Crippen LogP contribution in [0.3, 0.4) is 0 Å². The highest BCUT2D eigenvalue weighted by Gasteiger charge is 2.04. The summed E-state index contributed by atoms with van der Waals surface area (Å²) in [5.41, 5.74) is 1.97. The lowest BCUT2D eigenvalue weighted by Crippen LogP contribution is -2.32. The first-order valence-electron chi connectivity index (χ1n) is 3.62. The Balaban J connectivity index is 2.99. The quantitative estimate of drug-likeness (QED) is 0.445. The molecule has 0 aliphatic heterocycles. The van der Waals surface area contributed by atoms with Gasteiger partial charge in [-0.05, 0) is 19.1 Å². The van der Waals surface area contributed by atoms with Crippen molar-refractivity contribution in [1.29, 1.82) is 0 Å². The first-order valence-corrected chi connectivity index (χ1v) is 3.62. The van der Waals surface area contributed by atoms with Gasteiger partial charge in [0.2, 0.25) is 0 Å². The van der Waals surface area contributed by atoms with Crippen LogP contribution in [-0.2, 0) is 0 Å². The first-order chi connectivity index (χ1) is 5.00. The SMILES string of the molecule is Cc1ccc([N+](C)(C)[O-])cc1. The van der Waals surface area contributed by atoms with Crippen molar-refractivity contribution in [3.63, 3.8) is 0 Å². The van der Waals surface area contributed by atoms with Gasteiger partial charge in [0.05, 0.1) is 14.1 Å². The molecule has 60 valence electrons. The molecule has 0 atom stereocenters. The fourth-order valence-electron chi connectivity index (χ4n) is 0.904. The van der Waals surface area contributed by atoms with Gasteiger partial charge >= 0.3 is 0 Å². The van der Waals surface area contributed by atoms with Crippen LogP contribution in [0.5, 0.6) is 0 Å². The average Bonchev–Trinajstić information content (AvgIpc) is 1.86. The predicted molar refractivity (Wildman–Crippen MR) is 48.2 cm³/mol. The molecule has 0 aliphatic carbocycles. The molecule has 0 saturated heterocycles. The van der Waals surface area contributed by atoms with E-state index in [1.807, 2.05) is 31.2 Å². The van der Waals surface area contributed by atoms with Gasteiger partial charge in [-0.15, -0.1) is 0 Å². The fourth-order valence-corrected chi connectivity index (χ4v) is 0.904. The third-order valence-corrected chi connectivity index (χ3v) is 1.66. The van der Waals surface area contributed by atoms with Crippen LogP contribution >= 0.6 is 0 Å². The zero-order chi connectivity index (χ0) is 8.48. The molecule has 0 fully saturated rings. The number of nitrogens with zero attached hydrogens (tertiary/aromatic N) is 1. The number of rotatable bonds is 1. The molecule has 0 saturated carbocycles. The van der Waals surface area contributed by atoms with Crippen LogP contribution in [-0.4, -0.2) is 14.1 Å². The Hall–Kier alpha value is -0.860. The molecule has 2 heteroatoms. The molecule has 0 unspecified atom stereocenters. The third-order valence-electron chi connectivity index (χ3n) is 1.66. The minimum absolute atomic E-state index is 0.361. The van der Waals surface area contributed by atoms with Crippen LogP contribution in [0.2, 0.25) is 0 Å². The molecule has 0 amide bonds. The van der Waals surface area contributed by atoms with Gasteiger partial charge in [-0.2, -0.15) is 0 Å². The number of quaternary nitrogens is 1. The van der Waals surface area contributed by atoms with E-state index >= 15 is 0 Å². The Morgan fingerprint density at radius 2 is 1.55 bits per heavy atom. The Bertz CT molecular complexity index is 233. The Morgan fingerprint density at radius 1 is 1.09 bits per heavy atom. The molecule has 2 nitrogen and oxygen atoms in total. The fraction of sp³-hybridized carbons (Fsp3) is 0.333. The standard InChI is InChI=1S/C9H13NO/c1-8-4-6-9(7-5-8)10(2,3)11/h4-7H,1-3H3. The maximum atomic E-state index is 11.4. The highest BCUT2D eigenvalue weighted by Crippen LogP contribution is 2.17. The molecule has 0 aliphatic rings. The summed E-state index contributed by atoms with van der Waals surface area (Å²) < 4.78 is -0.361. The monoisotopic (exact) mass is 151 g/mol. The summed E-state index contributed by atoms with van der Waals surface area (Å²) in [4.78, 5) is 0. The van der Waals surface area contributed by atoms with E-state index < -0.39 is 0 Å². The minimum atomic E-state index is -0.361. The average molecular weight is 151 g/mol. The van der Waals surface area contributed by atoms with Gasteiger partial charge in [-0.1, -0.05) is 17.7 Å². The lowest BCUT2D eigenvalue weighted by Gasteiger charge is -2.32. The number of hydrogen-bond acceptors (Lipinski definition) is 1. The molecule has 1 rings (SSSR count). The summed E-state index contributed by atoms with van der Waals surface area (Å²) in [7, 11) is 3.23. The summed E-state index contributed by atoms with van der Waals surface area (Å²) in [6.07, 6.45) is 0. The molecule has 0 aromatic heterocycles.